The topological polar surface area (TPSA) is 3.24 Å². The zero-order valence-electron chi connectivity index (χ0n) is 11.5. The molecule has 0 aromatic carbocycles. The highest BCUT2D eigenvalue weighted by Crippen LogP contribution is 2.32. The summed E-state index contributed by atoms with van der Waals surface area (Å²) in [4.78, 5) is 2.53. The van der Waals surface area contributed by atoms with Gasteiger partial charge in [0.1, 0.15) is 0 Å². The van der Waals surface area contributed by atoms with Crippen molar-refractivity contribution in [3.8, 4) is 0 Å². The number of allylic oxidation sites excluding steroid dienone is 1. The molecule has 17 heavy (non-hydrogen) atoms. The van der Waals surface area contributed by atoms with Crippen LogP contribution < -0.4 is 0 Å². The average Bonchev–Trinajstić information content (AvgIpc) is 2.40. The van der Waals surface area contributed by atoms with Crippen LogP contribution in [0.4, 0.5) is 0 Å². The van der Waals surface area contributed by atoms with Crippen LogP contribution in [0.15, 0.2) is 12.3 Å². The highest BCUT2D eigenvalue weighted by Gasteiger charge is 2.18. The minimum atomic E-state index is 0.880. The summed E-state index contributed by atoms with van der Waals surface area (Å²) in [5.41, 5.74) is 0. The molecule has 1 saturated carbocycles. The summed E-state index contributed by atoms with van der Waals surface area (Å²) in [7, 11) is 0. The molecule has 1 nitrogen and oxygen atoms in total. The molecule has 1 heteroatoms. The fourth-order valence-corrected chi connectivity index (χ4v) is 3.39. The van der Waals surface area contributed by atoms with Crippen molar-refractivity contribution in [1.29, 1.82) is 0 Å². The van der Waals surface area contributed by atoms with E-state index in [4.69, 9.17) is 0 Å². The Morgan fingerprint density at radius 1 is 1.00 bits per heavy atom. The summed E-state index contributed by atoms with van der Waals surface area (Å²) < 4.78 is 0. The summed E-state index contributed by atoms with van der Waals surface area (Å²) in [5, 5.41) is 0. The molecule has 2 rings (SSSR count). The second kappa shape index (κ2) is 7.08. The van der Waals surface area contributed by atoms with E-state index in [-0.39, 0.29) is 0 Å². The second-order valence-electron chi connectivity index (χ2n) is 6.01. The van der Waals surface area contributed by atoms with Crippen molar-refractivity contribution in [1.82, 2.24) is 4.90 Å². The third kappa shape index (κ3) is 4.37. The molecule has 0 amide bonds. The van der Waals surface area contributed by atoms with E-state index in [1.807, 2.05) is 0 Å². The molecule has 0 aromatic rings. The maximum atomic E-state index is 2.53. The van der Waals surface area contributed by atoms with Gasteiger partial charge in [-0.25, -0.2) is 0 Å². The Kier molecular flexibility index (Phi) is 5.41. The van der Waals surface area contributed by atoms with E-state index >= 15 is 0 Å². The third-order valence-electron chi connectivity index (χ3n) is 4.55. The van der Waals surface area contributed by atoms with Crippen LogP contribution in [0.3, 0.4) is 0 Å². The maximum absolute atomic E-state index is 2.53. The van der Waals surface area contributed by atoms with E-state index in [9.17, 15) is 0 Å². The van der Waals surface area contributed by atoms with Crippen molar-refractivity contribution >= 4 is 0 Å². The van der Waals surface area contributed by atoms with E-state index < -0.39 is 0 Å². The first-order chi connectivity index (χ1) is 8.38. The van der Waals surface area contributed by atoms with Gasteiger partial charge in [-0.15, -0.1) is 0 Å². The Bertz CT molecular complexity index is 220. The molecule has 98 valence electrons. The Morgan fingerprint density at radius 2 is 1.71 bits per heavy atom. The van der Waals surface area contributed by atoms with Gasteiger partial charge in [0, 0.05) is 13.1 Å². The van der Waals surface area contributed by atoms with Crippen LogP contribution in [0, 0.1) is 11.8 Å². The smallest absolute Gasteiger partial charge is 0.0172 e. The van der Waals surface area contributed by atoms with Crippen LogP contribution in [-0.2, 0) is 0 Å². The lowest BCUT2D eigenvalue weighted by atomic mass is 9.80. The predicted octanol–water partition coefficient (Wildman–Crippen LogP) is 4.59. The highest BCUT2D eigenvalue weighted by molar-refractivity contribution is 4.91. The molecule has 0 unspecified atom stereocenters. The van der Waals surface area contributed by atoms with Crippen LogP contribution in [0.5, 0.6) is 0 Å². The molecule has 2 aliphatic rings. The van der Waals surface area contributed by atoms with Gasteiger partial charge >= 0.3 is 0 Å². The number of piperidine rings is 1. The standard InChI is InChI=1S/C16H29N/c1-2-6-15-7-9-16(10-8-15)11-14-17-12-4-3-5-13-17/h11,14-16H,2-10,12-13H2,1H3. The summed E-state index contributed by atoms with van der Waals surface area (Å²) in [6.07, 6.45) is 17.8. The summed E-state index contributed by atoms with van der Waals surface area (Å²) in [5.74, 6) is 1.92. The number of hydrogen-bond acceptors (Lipinski definition) is 1. The molecular formula is C16H29N. The molecule has 0 bridgehead atoms. The van der Waals surface area contributed by atoms with E-state index in [2.05, 4.69) is 24.1 Å². The molecule has 0 N–H and O–H groups in total. The molecule has 0 aromatic heterocycles. The molecule has 0 spiro atoms. The molecule has 2 fully saturated rings. The van der Waals surface area contributed by atoms with Crippen LogP contribution in [0.1, 0.15) is 64.7 Å². The molecular weight excluding hydrogens is 206 g/mol. The van der Waals surface area contributed by atoms with Crippen LogP contribution in [-0.4, -0.2) is 18.0 Å². The van der Waals surface area contributed by atoms with Crippen molar-refractivity contribution in [3.05, 3.63) is 12.3 Å². The van der Waals surface area contributed by atoms with Gasteiger partial charge in [0.2, 0.25) is 0 Å². The minimum Gasteiger partial charge on any atom is -0.378 e. The van der Waals surface area contributed by atoms with E-state index in [1.54, 1.807) is 0 Å². The SMILES string of the molecule is CCCC1CCC(C=CN2CCCCC2)CC1. The number of nitrogens with zero attached hydrogens (tertiary/aromatic N) is 1. The quantitative estimate of drug-likeness (QED) is 0.688. The second-order valence-corrected chi connectivity index (χ2v) is 6.01. The lowest BCUT2D eigenvalue weighted by molar-refractivity contribution is 0.283. The third-order valence-corrected chi connectivity index (χ3v) is 4.55. The molecule has 1 heterocycles. The lowest BCUT2D eigenvalue weighted by Gasteiger charge is -2.28. The monoisotopic (exact) mass is 235 g/mol. The van der Waals surface area contributed by atoms with Gasteiger partial charge in [-0.2, -0.15) is 0 Å². The first kappa shape index (κ1) is 13.0. The summed E-state index contributed by atoms with van der Waals surface area (Å²) in [6, 6.07) is 0. The van der Waals surface area contributed by atoms with Crippen LogP contribution in [0.2, 0.25) is 0 Å². The van der Waals surface area contributed by atoms with Gasteiger partial charge in [0.25, 0.3) is 0 Å². The number of likely N-dealkylation sites (tertiary alicyclic amines) is 1. The number of hydrogen-bond donors (Lipinski definition) is 0. The van der Waals surface area contributed by atoms with Crippen molar-refractivity contribution in [2.24, 2.45) is 11.8 Å². The van der Waals surface area contributed by atoms with Crippen molar-refractivity contribution < 1.29 is 0 Å². The minimum absolute atomic E-state index is 0.880. The fraction of sp³-hybridized carbons (Fsp3) is 0.875. The molecule has 1 aliphatic heterocycles. The van der Waals surface area contributed by atoms with Gasteiger partial charge < -0.3 is 4.90 Å². The molecule has 1 aliphatic carbocycles. The van der Waals surface area contributed by atoms with Crippen LogP contribution in [0.25, 0.3) is 0 Å². The van der Waals surface area contributed by atoms with Crippen LogP contribution >= 0.6 is 0 Å². The van der Waals surface area contributed by atoms with E-state index in [1.165, 1.54) is 70.9 Å². The Balaban J connectivity index is 1.68. The molecule has 0 radical (unpaired) electrons. The maximum Gasteiger partial charge on any atom is 0.0172 e. The highest BCUT2D eigenvalue weighted by atomic mass is 15.1. The van der Waals surface area contributed by atoms with Gasteiger partial charge in [-0.3, -0.25) is 0 Å². The van der Waals surface area contributed by atoms with E-state index in [0.717, 1.165) is 11.8 Å². The zero-order valence-corrected chi connectivity index (χ0v) is 11.5. The Labute approximate surface area is 107 Å². The zero-order chi connectivity index (χ0) is 11.9. The normalized spacial score (nSPS) is 31.0. The van der Waals surface area contributed by atoms with Gasteiger partial charge in [-0.1, -0.05) is 25.8 Å². The average molecular weight is 235 g/mol. The van der Waals surface area contributed by atoms with Gasteiger partial charge in [0.05, 0.1) is 0 Å². The molecule has 1 saturated heterocycles. The summed E-state index contributed by atoms with van der Waals surface area (Å²) in [6.45, 7) is 4.91. The summed E-state index contributed by atoms with van der Waals surface area (Å²) >= 11 is 0. The van der Waals surface area contributed by atoms with Crippen molar-refractivity contribution in [3.63, 3.8) is 0 Å². The van der Waals surface area contributed by atoms with Crippen molar-refractivity contribution in [2.75, 3.05) is 13.1 Å². The van der Waals surface area contributed by atoms with Gasteiger partial charge in [-0.05, 0) is 63.0 Å². The fourth-order valence-electron chi connectivity index (χ4n) is 3.39. The number of rotatable bonds is 4. The molecule has 0 atom stereocenters. The lowest BCUT2D eigenvalue weighted by Crippen LogP contribution is -2.24. The first-order valence-electron chi connectivity index (χ1n) is 7.81. The largest absolute Gasteiger partial charge is 0.378 e. The Morgan fingerprint density at radius 3 is 2.35 bits per heavy atom. The Hall–Kier alpha value is -0.460. The van der Waals surface area contributed by atoms with E-state index in [0.29, 0.717) is 0 Å². The first-order valence-corrected chi connectivity index (χ1v) is 7.81. The predicted molar refractivity (Wildman–Crippen MR) is 74.9 cm³/mol. The van der Waals surface area contributed by atoms with Crippen molar-refractivity contribution in [2.45, 2.75) is 64.7 Å². The van der Waals surface area contributed by atoms with Gasteiger partial charge in [0.15, 0.2) is 0 Å².